The largest absolute Gasteiger partial charge is 0.385 e. The molecule has 1 rings (SSSR count). The van der Waals surface area contributed by atoms with Crippen LogP contribution in [0.4, 0.5) is 4.79 Å². The number of nitrogens with one attached hydrogen (secondary N) is 1. The van der Waals surface area contributed by atoms with Gasteiger partial charge in [-0.3, -0.25) is 19.8 Å². The molecule has 1 aliphatic rings. The third-order valence-corrected chi connectivity index (χ3v) is 3.49. The van der Waals surface area contributed by atoms with Crippen LogP contribution in [0.3, 0.4) is 0 Å². The number of methoxy groups -OCH3 is 1. The topological polar surface area (TPSA) is 75.7 Å². The smallest absolute Gasteiger partial charge is 0.330 e. The van der Waals surface area contributed by atoms with Crippen molar-refractivity contribution >= 4 is 17.8 Å². The van der Waals surface area contributed by atoms with Crippen LogP contribution in [0.1, 0.15) is 33.1 Å². The summed E-state index contributed by atoms with van der Waals surface area (Å²) in [5, 5.41) is 2.27. The second-order valence-corrected chi connectivity index (χ2v) is 4.35. The molecule has 0 saturated carbocycles. The van der Waals surface area contributed by atoms with Gasteiger partial charge in [-0.15, -0.1) is 0 Å². The predicted molar refractivity (Wildman–Crippen MR) is 64.8 cm³/mol. The lowest BCUT2D eigenvalue weighted by Gasteiger charge is -2.38. The van der Waals surface area contributed by atoms with Crippen molar-refractivity contribution in [3.8, 4) is 0 Å². The van der Waals surface area contributed by atoms with Crippen LogP contribution in [0.2, 0.25) is 0 Å². The lowest BCUT2D eigenvalue weighted by Crippen LogP contribution is -2.63. The summed E-state index contributed by atoms with van der Waals surface area (Å²) in [6.07, 6.45) is 1.35. The number of carbonyl (C=O) groups is 3. The zero-order valence-corrected chi connectivity index (χ0v) is 11.1. The molecule has 1 aliphatic heterocycles. The lowest BCUT2D eigenvalue weighted by atomic mass is 9.78. The van der Waals surface area contributed by atoms with Gasteiger partial charge in [-0.1, -0.05) is 13.8 Å². The number of nitrogens with zero attached hydrogens (tertiary/aromatic N) is 1. The number of amides is 4. The molecule has 4 amide bonds. The summed E-state index contributed by atoms with van der Waals surface area (Å²) in [5.74, 6) is -0.872. The summed E-state index contributed by atoms with van der Waals surface area (Å²) in [6.45, 7) is 4.30. The van der Waals surface area contributed by atoms with Crippen LogP contribution >= 0.6 is 0 Å². The van der Waals surface area contributed by atoms with Gasteiger partial charge in [-0.2, -0.15) is 0 Å². The van der Waals surface area contributed by atoms with Crippen molar-refractivity contribution in [2.75, 3.05) is 20.3 Å². The van der Waals surface area contributed by atoms with Crippen molar-refractivity contribution in [1.82, 2.24) is 10.2 Å². The first-order valence-electron chi connectivity index (χ1n) is 6.19. The summed E-state index contributed by atoms with van der Waals surface area (Å²) >= 11 is 0. The maximum Gasteiger partial charge on any atom is 0.330 e. The molecule has 0 unspecified atom stereocenters. The Labute approximate surface area is 107 Å². The molecule has 0 atom stereocenters. The average Bonchev–Trinajstić information content (AvgIpc) is 2.35. The molecule has 0 aromatic rings. The van der Waals surface area contributed by atoms with Crippen LogP contribution in [0.5, 0.6) is 0 Å². The minimum atomic E-state index is -1.10. The van der Waals surface area contributed by atoms with Crippen LogP contribution in [-0.2, 0) is 14.3 Å². The minimum Gasteiger partial charge on any atom is -0.385 e. The molecule has 0 bridgehead atoms. The Kier molecular flexibility index (Phi) is 4.84. The number of urea groups is 1. The van der Waals surface area contributed by atoms with E-state index in [0.717, 1.165) is 4.90 Å². The van der Waals surface area contributed by atoms with Gasteiger partial charge in [-0.25, -0.2) is 4.79 Å². The highest BCUT2D eigenvalue weighted by atomic mass is 16.5. The number of ether oxygens (including phenoxy) is 1. The number of carbonyl (C=O) groups excluding carboxylic acids is 3. The molecule has 102 valence electrons. The predicted octanol–water partition coefficient (Wildman–Crippen LogP) is 0.908. The molecule has 0 aliphatic carbocycles. The maximum absolute atomic E-state index is 12.3. The van der Waals surface area contributed by atoms with E-state index in [9.17, 15) is 14.4 Å². The molecule has 6 heteroatoms. The van der Waals surface area contributed by atoms with Crippen molar-refractivity contribution in [3.63, 3.8) is 0 Å². The quantitative estimate of drug-likeness (QED) is 0.566. The van der Waals surface area contributed by atoms with Crippen molar-refractivity contribution in [3.05, 3.63) is 0 Å². The molecule has 0 spiro atoms. The van der Waals surface area contributed by atoms with Gasteiger partial charge in [-0.05, 0) is 19.3 Å². The fourth-order valence-electron chi connectivity index (χ4n) is 2.18. The summed E-state index contributed by atoms with van der Waals surface area (Å²) in [4.78, 5) is 37.0. The molecule has 0 aromatic heterocycles. The van der Waals surface area contributed by atoms with E-state index in [-0.39, 0.29) is 6.54 Å². The second-order valence-electron chi connectivity index (χ2n) is 4.35. The highest BCUT2D eigenvalue weighted by Gasteiger charge is 2.51. The van der Waals surface area contributed by atoms with Gasteiger partial charge in [0.25, 0.3) is 0 Å². The molecule has 1 N–H and O–H groups in total. The first-order valence-corrected chi connectivity index (χ1v) is 6.19. The zero-order valence-electron chi connectivity index (χ0n) is 11.1. The Hall–Kier alpha value is -1.43. The van der Waals surface area contributed by atoms with Crippen LogP contribution in [0.25, 0.3) is 0 Å². The van der Waals surface area contributed by atoms with Crippen LogP contribution in [-0.4, -0.2) is 43.0 Å². The maximum atomic E-state index is 12.3. The Morgan fingerprint density at radius 3 is 2.33 bits per heavy atom. The number of rotatable bonds is 6. The van der Waals surface area contributed by atoms with E-state index in [2.05, 4.69) is 5.32 Å². The molecule has 0 aromatic carbocycles. The summed E-state index contributed by atoms with van der Waals surface area (Å²) < 4.78 is 4.89. The van der Waals surface area contributed by atoms with E-state index in [4.69, 9.17) is 4.74 Å². The Morgan fingerprint density at radius 1 is 1.22 bits per heavy atom. The van der Waals surface area contributed by atoms with Crippen molar-refractivity contribution < 1.29 is 19.1 Å². The first-order chi connectivity index (χ1) is 8.53. The summed E-state index contributed by atoms with van der Waals surface area (Å²) in [7, 11) is 1.56. The highest BCUT2D eigenvalue weighted by Crippen LogP contribution is 2.32. The third-order valence-electron chi connectivity index (χ3n) is 3.49. The SMILES string of the molecule is CCC1(CC)C(=O)NC(=O)N(CCCOC)C1=O. The molecule has 1 fully saturated rings. The van der Waals surface area contributed by atoms with E-state index in [1.807, 2.05) is 0 Å². The zero-order chi connectivity index (χ0) is 13.8. The molecule has 18 heavy (non-hydrogen) atoms. The van der Waals surface area contributed by atoms with Gasteiger partial charge in [0.2, 0.25) is 11.8 Å². The molecule has 0 radical (unpaired) electrons. The van der Waals surface area contributed by atoms with Gasteiger partial charge in [0.1, 0.15) is 5.41 Å². The molecule has 1 saturated heterocycles. The minimum absolute atomic E-state index is 0.271. The van der Waals surface area contributed by atoms with Gasteiger partial charge in [0.05, 0.1) is 0 Å². The van der Waals surface area contributed by atoms with Crippen molar-refractivity contribution in [1.29, 1.82) is 0 Å². The molecule has 1 heterocycles. The number of hydrogen-bond donors (Lipinski definition) is 1. The van der Waals surface area contributed by atoms with E-state index < -0.39 is 23.3 Å². The Bertz CT molecular complexity index is 350. The van der Waals surface area contributed by atoms with Crippen LogP contribution in [0, 0.1) is 5.41 Å². The monoisotopic (exact) mass is 256 g/mol. The highest BCUT2D eigenvalue weighted by molar-refractivity contribution is 6.19. The van der Waals surface area contributed by atoms with E-state index >= 15 is 0 Å². The fraction of sp³-hybridized carbons (Fsp3) is 0.750. The first kappa shape index (κ1) is 14.6. The van der Waals surface area contributed by atoms with Gasteiger partial charge in [0.15, 0.2) is 0 Å². The molecule has 6 nitrogen and oxygen atoms in total. The summed E-state index contributed by atoms with van der Waals surface area (Å²) in [6, 6.07) is -0.626. The number of hydrogen-bond acceptors (Lipinski definition) is 4. The standard InChI is InChI=1S/C12H20N2O4/c1-4-12(5-2)9(15)13-11(17)14(10(12)16)7-6-8-18-3/h4-8H2,1-3H3,(H,13,15,17). The Morgan fingerprint density at radius 2 is 1.83 bits per heavy atom. The van der Waals surface area contributed by atoms with E-state index in [1.54, 1.807) is 21.0 Å². The Balaban J connectivity index is 2.88. The third kappa shape index (κ3) is 2.38. The van der Waals surface area contributed by atoms with Crippen LogP contribution in [0.15, 0.2) is 0 Å². The van der Waals surface area contributed by atoms with Gasteiger partial charge < -0.3 is 4.74 Å². The van der Waals surface area contributed by atoms with Crippen molar-refractivity contribution in [2.45, 2.75) is 33.1 Å². The lowest BCUT2D eigenvalue weighted by molar-refractivity contribution is -0.152. The molecular weight excluding hydrogens is 236 g/mol. The van der Waals surface area contributed by atoms with Crippen LogP contribution < -0.4 is 5.32 Å². The van der Waals surface area contributed by atoms with Gasteiger partial charge in [0, 0.05) is 20.3 Å². The van der Waals surface area contributed by atoms with Crippen molar-refractivity contribution in [2.24, 2.45) is 5.41 Å². The normalized spacial score (nSPS) is 19.1. The second kappa shape index (κ2) is 5.95. The summed E-state index contributed by atoms with van der Waals surface area (Å²) in [5.41, 5.74) is -1.10. The number of barbiturate groups is 1. The van der Waals surface area contributed by atoms with E-state index in [1.165, 1.54) is 0 Å². The van der Waals surface area contributed by atoms with E-state index in [0.29, 0.717) is 25.9 Å². The molecular formula is C12H20N2O4. The fourth-order valence-corrected chi connectivity index (χ4v) is 2.18. The van der Waals surface area contributed by atoms with Gasteiger partial charge >= 0.3 is 6.03 Å². The number of imide groups is 2. The average molecular weight is 256 g/mol.